The molecule has 0 atom stereocenters. The number of imidazole rings is 1. The molecule has 0 amide bonds. The molecule has 0 fully saturated rings. The number of halogens is 3. The number of rotatable bonds is 1. The molecule has 0 saturated carbocycles. The number of hydrogen-bond donors (Lipinski definition) is 1. The molecule has 4 aromatic rings. The predicted octanol–water partition coefficient (Wildman–Crippen LogP) is 4.80. The Hall–Kier alpha value is -2.89. The molecule has 2 aromatic heterocycles. The molecule has 4 rings (SSSR count). The zero-order chi connectivity index (χ0) is 16.0. The summed E-state index contributed by atoms with van der Waals surface area (Å²) in [4.78, 5) is 11.7. The third kappa shape index (κ3) is 2.42. The normalized spacial score (nSPS) is 12.1. The molecule has 0 spiro atoms. The van der Waals surface area contributed by atoms with Crippen LogP contribution in [0.3, 0.4) is 0 Å². The number of hydrogen-bond acceptors (Lipinski definition) is 2. The first kappa shape index (κ1) is 13.8. The summed E-state index contributed by atoms with van der Waals surface area (Å²) in [5.74, 6) is 0.449. The summed E-state index contributed by atoms with van der Waals surface area (Å²) in [6.45, 7) is 0. The van der Waals surface area contributed by atoms with Gasteiger partial charge < -0.3 is 4.98 Å². The maximum Gasteiger partial charge on any atom is 0.416 e. The Morgan fingerprint density at radius 3 is 2.48 bits per heavy atom. The van der Waals surface area contributed by atoms with Crippen molar-refractivity contribution in [3.63, 3.8) is 0 Å². The lowest BCUT2D eigenvalue weighted by Gasteiger charge is -2.05. The maximum atomic E-state index is 12.8. The number of nitrogens with one attached hydrogen (secondary N) is 1. The zero-order valence-electron chi connectivity index (χ0n) is 11.7. The van der Waals surface area contributed by atoms with Crippen LogP contribution in [-0.2, 0) is 6.18 Å². The zero-order valence-corrected chi connectivity index (χ0v) is 11.7. The predicted molar refractivity (Wildman–Crippen MR) is 81.8 cm³/mol. The van der Waals surface area contributed by atoms with Crippen molar-refractivity contribution in [2.75, 3.05) is 0 Å². The van der Waals surface area contributed by atoms with Crippen molar-refractivity contribution in [3.05, 3.63) is 60.2 Å². The molecule has 2 heterocycles. The monoisotopic (exact) mass is 313 g/mol. The average molecular weight is 313 g/mol. The molecule has 0 unspecified atom stereocenters. The van der Waals surface area contributed by atoms with Gasteiger partial charge >= 0.3 is 6.18 Å². The molecule has 0 saturated heterocycles. The molecule has 23 heavy (non-hydrogen) atoms. The Morgan fingerprint density at radius 1 is 0.826 bits per heavy atom. The molecule has 0 aliphatic carbocycles. The first-order valence-electron chi connectivity index (χ1n) is 6.94. The van der Waals surface area contributed by atoms with Crippen LogP contribution >= 0.6 is 0 Å². The maximum absolute atomic E-state index is 12.8. The van der Waals surface area contributed by atoms with Crippen LogP contribution in [0.2, 0.25) is 0 Å². The molecule has 0 radical (unpaired) electrons. The van der Waals surface area contributed by atoms with Crippen LogP contribution < -0.4 is 0 Å². The van der Waals surface area contributed by atoms with E-state index in [1.165, 1.54) is 6.07 Å². The van der Waals surface area contributed by atoms with Gasteiger partial charge in [0.05, 0.1) is 22.1 Å². The topological polar surface area (TPSA) is 41.6 Å². The standard InChI is InChI=1S/C17H10F3N3/c18-17(19,20)11-6-8-13-15(9-11)23-16(22-13)14-7-5-10-3-1-2-4-12(10)21-14/h1-9H,(H,22,23). The molecule has 6 heteroatoms. The Kier molecular flexibility index (Phi) is 2.87. The van der Waals surface area contributed by atoms with E-state index < -0.39 is 11.7 Å². The van der Waals surface area contributed by atoms with E-state index in [-0.39, 0.29) is 0 Å². The number of H-pyrrole nitrogens is 1. The lowest BCUT2D eigenvalue weighted by atomic mass is 10.2. The number of benzene rings is 2. The van der Waals surface area contributed by atoms with Crippen LogP contribution in [0.1, 0.15) is 5.56 Å². The SMILES string of the molecule is FC(F)(F)c1ccc2nc(-c3ccc4ccccc4n3)[nH]c2c1. The summed E-state index contributed by atoms with van der Waals surface area (Å²) >= 11 is 0. The number of para-hydroxylation sites is 1. The quantitative estimate of drug-likeness (QED) is 0.548. The van der Waals surface area contributed by atoms with Gasteiger partial charge in [0.1, 0.15) is 5.69 Å². The van der Waals surface area contributed by atoms with E-state index in [0.717, 1.165) is 23.0 Å². The van der Waals surface area contributed by atoms with Gasteiger partial charge in [-0.2, -0.15) is 13.2 Å². The summed E-state index contributed by atoms with van der Waals surface area (Å²) in [6, 6.07) is 14.8. The Morgan fingerprint density at radius 2 is 1.65 bits per heavy atom. The second-order valence-corrected chi connectivity index (χ2v) is 5.20. The summed E-state index contributed by atoms with van der Waals surface area (Å²) in [5.41, 5.74) is 1.51. The molecule has 0 bridgehead atoms. The lowest BCUT2D eigenvalue weighted by Crippen LogP contribution is -2.04. The van der Waals surface area contributed by atoms with Crippen LogP contribution in [0.25, 0.3) is 33.5 Å². The second kappa shape index (κ2) is 4.81. The van der Waals surface area contributed by atoms with Crippen molar-refractivity contribution in [1.82, 2.24) is 15.0 Å². The molecule has 0 aliphatic rings. The Bertz CT molecular complexity index is 1020. The molecular formula is C17H10F3N3. The molecule has 1 N–H and O–H groups in total. The third-order valence-electron chi connectivity index (χ3n) is 3.65. The molecular weight excluding hydrogens is 303 g/mol. The number of aromatic amines is 1. The van der Waals surface area contributed by atoms with Gasteiger partial charge in [-0.1, -0.05) is 24.3 Å². The highest BCUT2D eigenvalue weighted by Gasteiger charge is 2.30. The Labute approximate surface area is 128 Å². The number of fused-ring (bicyclic) bond motifs is 2. The van der Waals surface area contributed by atoms with Gasteiger partial charge in [-0.25, -0.2) is 9.97 Å². The number of aromatic nitrogens is 3. The van der Waals surface area contributed by atoms with Crippen molar-refractivity contribution in [2.45, 2.75) is 6.18 Å². The van der Waals surface area contributed by atoms with E-state index in [1.54, 1.807) is 6.07 Å². The summed E-state index contributed by atoms with van der Waals surface area (Å²) in [5, 5.41) is 0.992. The number of alkyl halides is 3. The smallest absolute Gasteiger partial charge is 0.337 e. The van der Waals surface area contributed by atoms with Crippen molar-refractivity contribution in [1.29, 1.82) is 0 Å². The van der Waals surface area contributed by atoms with Crippen molar-refractivity contribution in [3.8, 4) is 11.5 Å². The Balaban J connectivity index is 1.84. The number of pyridine rings is 1. The van der Waals surface area contributed by atoms with Gasteiger partial charge in [-0.15, -0.1) is 0 Å². The highest BCUT2D eigenvalue weighted by atomic mass is 19.4. The molecule has 2 aromatic carbocycles. The highest BCUT2D eigenvalue weighted by Crippen LogP contribution is 2.31. The van der Waals surface area contributed by atoms with Crippen LogP contribution in [-0.4, -0.2) is 15.0 Å². The van der Waals surface area contributed by atoms with E-state index in [0.29, 0.717) is 22.6 Å². The van der Waals surface area contributed by atoms with Crippen LogP contribution in [0.15, 0.2) is 54.6 Å². The fraction of sp³-hybridized carbons (Fsp3) is 0.0588. The average Bonchev–Trinajstić information content (AvgIpc) is 2.96. The molecule has 0 aliphatic heterocycles. The highest BCUT2D eigenvalue weighted by molar-refractivity contribution is 5.83. The minimum absolute atomic E-state index is 0.338. The number of nitrogens with zero attached hydrogens (tertiary/aromatic N) is 2. The van der Waals surface area contributed by atoms with Gasteiger partial charge in [0.15, 0.2) is 5.82 Å². The van der Waals surface area contributed by atoms with Gasteiger partial charge in [0.25, 0.3) is 0 Å². The molecule has 114 valence electrons. The largest absolute Gasteiger partial charge is 0.416 e. The third-order valence-corrected chi connectivity index (χ3v) is 3.65. The van der Waals surface area contributed by atoms with Crippen LogP contribution in [0, 0.1) is 0 Å². The van der Waals surface area contributed by atoms with E-state index in [4.69, 9.17) is 0 Å². The first-order chi connectivity index (χ1) is 11.0. The summed E-state index contributed by atoms with van der Waals surface area (Å²) < 4.78 is 38.3. The summed E-state index contributed by atoms with van der Waals surface area (Å²) in [7, 11) is 0. The van der Waals surface area contributed by atoms with Crippen molar-refractivity contribution in [2.24, 2.45) is 0 Å². The van der Waals surface area contributed by atoms with Crippen molar-refractivity contribution < 1.29 is 13.2 Å². The second-order valence-electron chi connectivity index (χ2n) is 5.20. The fourth-order valence-corrected chi connectivity index (χ4v) is 2.51. The molecule has 3 nitrogen and oxygen atoms in total. The van der Waals surface area contributed by atoms with Gasteiger partial charge in [0.2, 0.25) is 0 Å². The van der Waals surface area contributed by atoms with Gasteiger partial charge in [-0.3, -0.25) is 0 Å². The van der Waals surface area contributed by atoms with Gasteiger partial charge in [0, 0.05) is 5.39 Å². The van der Waals surface area contributed by atoms with E-state index >= 15 is 0 Å². The van der Waals surface area contributed by atoms with E-state index in [2.05, 4.69) is 15.0 Å². The summed E-state index contributed by atoms with van der Waals surface area (Å²) in [6.07, 6.45) is -4.37. The van der Waals surface area contributed by atoms with Crippen molar-refractivity contribution >= 4 is 21.9 Å². The van der Waals surface area contributed by atoms with E-state index in [9.17, 15) is 13.2 Å². The minimum Gasteiger partial charge on any atom is -0.337 e. The minimum atomic E-state index is -4.37. The van der Waals surface area contributed by atoms with Crippen LogP contribution in [0.5, 0.6) is 0 Å². The van der Waals surface area contributed by atoms with Crippen LogP contribution in [0.4, 0.5) is 13.2 Å². The first-order valence-corrected chi connectivity index (χ1v) is 6.94. The van der Waals surface area contributed by atoms with E-state index in [1.807, 2.05) is 30.3 Å². The fourth-order valence-electron chi connectivity index (χ4n) is 2.51. The van der Waals surface area contributed by atoms with Gasteiger partial charge in [-0.05, 0) is 30.3 Å². The lowest BCUT2D eigenvalue weighted by molar-refractivity contribution is -0.137.